The van der Waals surface area contributed by atoms with Crippen LogP contribution < -0.4 is 9.64 Å². The van der Waals surface area contributed by atoms with Crippen molar-refractivity contribution < 1.29 is 9.53 Å². The van der Waals surface area contributed by atoms with Crippen LogP contribution in [-0.4, -0.2) is 30.5 Å². The number of methoxy groups -OCH3 is 1. The van der Waals surface area contributed by atoms with E-state index < -0.39 is 0 Å². The van der Waals surface area contributed by atoms with Gasteiger partial charge in [0.25, 0.3) is 0 Å². The van der Waals surface area contributed by atoms with Crippen molar-refractivity contribution in [2.24, 2.45) is 0 Å². The van der Waals surface area contributed by atoms with Gasteiger partial charge in [0.15, 0.2) is 0 Å². The Labute approximate surface area is 150 Å². The van der Waals surface area contributed by atoms with Gasteiger partial charge in [-0.25, -0.2) is 0 Å². The fourth-order valence-corrected chi connectivity index (χ4v) is 4.04. The van der Waals surface area contributed by atoms with Crippen LogP contribution >= 0.6 is 15.9 Å². The van der Waals surface area contributed by atoms with Gasteiger partial charge in [0, 0.05) is 22.8 Å². The first-order valence-electron chi connectivity index (χ1n) is 8.17. The highest BCUT2D eigenvalue weighted by atomic mass is 79.9. The lowest BCUT2D eigenvalue weighted by Crippen LogP contribution is -2.32. The summed E-state index contributed by atoms with van der Waals surface area (Å²) in [5, 5.41) is 0. The summed E-state index contributed by atoms with van der Waals surface area (Å²) in [5.41, 5.74) is 2.03. The van der Waals surface area contributed by atoms with Crippen LogP contribution in [-0.2, 0) is 4.79 Å². The lowest BCUT2D eigenvalue weighted by molar-refractivity contribution is -0.119. The molecule has 2 atom stereocenters. The minimum atomic E-state index is -0.0507. The molecule has 2 aliphatic rings. The van der Waals surface area contributed by atoms with Crippen molar-refractivity contribution in [1.29, 1.82) is 0 Å². The Hall–Kier alpha value is -1.85. The summed E-state index contributed by atoms with van der Waals surface area (Å²) in [7, 11) is 1.65. The molecule has 2 heterocycles. The molecule has 0 aromatic heterocycles. The summed E-state index contributed by atoms with van der Waals surface area (Å²) in [5.74, 6) is 0.954. The molecule has 5 heteroatoms. The van der Waals surface area contributed by atoms with E-state index in [0.717, 1.165) is 40.9 Å². The quantitative estimate of drug-likeness (QED) is 0.799. The highest BCUT2D eigenvalue weighted by Crippen LogP contribution is 2.43. The Morgan fingerprint density at radius 3 is 2.71 bits per heavy atom. The van der Waals surface area contributed by atoms with Crippen molar-refractivity contribution in [1.82, 2.24) is 4.90 Å². The van der Waals surface area contributed by atoms with E-state index in [4.69, 9.17) is 4.74 Å². The lowest BCUT2D eigenvalue weighted by Gasteiger charge is -2.30. The first-order valence-corrected chi connectivity index (χ1v) is 8.96. The van der Waals surface area contributed by atoms with Gasteiger partial charge in [0.1, 0.15) is 11.9 Å². The molecule has 0 unspecified atom stereocenters. The number of carbonyl (C=O) groups excluding carboxylic acids is 1. The van der Waals surface area contributed by atoms with E-state index in [-0.39, 0.29) is 18.1 Å². The van der Waals surface area contributed by atoms with E-state index in [0.29, 0.717) is 0 Å². The number of nitrogens with zero attached hydrogens (tertiary/aromatic N) is 2. The Bertz CT molecular complexity index is 762. The van der Waals surface area contributed by atoms with Crippen molar-refractivity contribution in [3.05, 3.63) is 58.6 Å². The summed E-state index contributed by atoms with van der Waals surface area (Å²) in [6.45, 7) is 0.956. The van der Waals surface area contributed by atoms with Gasteiger partial charge in [-0.1, -0.05) is 34.1 Å². The lowest BCUT2D eigenvalue weighted by atomic mass is 10.1. The topological polar surface area (TPSA) is 32.8 Å². The summed E-state index contributed by atoms with van der Waals surface area (Å²) < 4.78 is 6.39. The van der Waals surface area contributed by atoms with Crippen LogP contribution in [0.3, 0.4) is 0 Å². The average Bonchev–Trinajstić information content (AvgIpc) is 3.18. The summed E-state index contributed by atoms with van der Waals surface area (Å²) in [6, 6.07) is 16.0. The number of hydrogen-bond acceptors (Lipinski definition) is 3. The highest BCUT2D eigenvalue weighted by Gasteiger charge is 2.49. The van der Waals surface area contributed by atoms with Gasteiger partial charge in [-0.15, -0.1) is 0 Å². The first-order chi connectivity index (χ1) is 11.7. The Balaban J connectivity index is 1.79. The molecule has 1 amide bonds. The summed E-state index contributed by atoms with van der Waals surface area (Å²) in [4.78, 5) is 17.3. The number of fused-ring (bicyclic) bond motifs is 1. The van der Waals surface area contributed by atoms with Crippen molar-refractivity contribution >= 4 is 27.5 Å². The van der Waals surface area contributed by atoms with E-state index >= 15 is 0 Å². The molecule has 0 spiro atoms. The number of amides is 1. The second-order valence-electron chi connectivity index (χ2n) is 6.23. The fraction of sp³-hybridized carbons (Fsp3) is 0.316. The standard InChI is InChI=1S/C19H19BrN2O2/c1-24-16-5-2-4-15(12-16)22-18(13-7-9-14(20)10-8-13)21-11-3-6-17(21)19(22)23/h2,4-5,7-10,12,17-18H,3,6,11H2,1H3/t17-,18+/m0/s1. The SMILES string of the molecule is COc1cccc(N2C(=O)[C@@H]3CCCN3[C@H]2c2ccc(Br)cc2)c1. The monoisotopic (exact) mass is 386 g/mol. The van der Waals surface area contributed by atoms with E-state index in [9.17, 15) is 4.79 Å². The number of hydrogen-bond donors (Lipinski definition) is 0. The van der Waals surface area contributed by atoms with Crippen LogP contribution in [0, 0.1) is 0 Å². The summed E-state index contributed by atoms with van der Waals surface area (Å²) >= 11 is 3.49. The average molecular weight is 387 g/mol. The summed E-state index contributed by atoms with van der Waals surface area (Å²) in [6.07, 6.45) is 1.96. The predicted octanol–water partition coefficient (Wildman–Crippen LogP) is 3.97. The Morgan fingerprint density at radius 1 is 1.17 bits per heavy atom. The predicted molar refractivity (Wildman–Crippen MR) is 97.1 cm³/mol. The normalized spacial score (nSPS) is 23.6. The molecule has 2 aliphatic heterocycles. The molecule has 124 valence electrons. The van der Waals surface area contributed by atoms with Crippen LogP contribution in [0.4, 0.5) is 5.69 Å². The molecule has 0 saturated carbocycles. The third kappa shape index (κ3) is 2.52. The van der Waals surface area contributed by atoms with Crippen molar-refractivity contribution in [3.8, 4) is 5.75 Å². The maximum absolute atomic E-state index is 13.1. The van der Waals surface area contributed by atoms with Crippen LogP contribution in [0.15, 0.2) is 53.0 Å². The molecule has 0 N–H and O–H groups in total. The zero-order valence-electron chi connectivity index (χ0n) is 13.5. The minimum absolute atomic E-state index is 0.00940. The zero-order valence-corrected chi connectivity index (χ0v) is 15.1. The Morgan fingerprint density at radius 2 is 1.96 bits per heavy atom. The number of halogens is 1. The molecule has 2 aromatic rings. The maximum atomic E-state index is 13.1. The van der Waals surface area contributed by atoms with Crippen LogP contribution in [0.25, 0.3) is 0 Å². The minimum Gasteiger partial charge on any atom is -0.497 e. The molecule has 2 fully saturated rings. The molecule has 24 heavy (non-hydrogen) atoms. The highest BCUT2D eigenvalue weighted by molar-refractivity contribution is 9.10. The molecule has 2 saturated heterocycles. The molecule has 0 bridgehead atoms. The van der Waals surface area contributed by atoms with Gasteiger partial charge in [-0.05, 0) is 42.7 Å². The van der Waals surface area contributed by atoms with Crippen molar-refractivity contribution in [2.45, 2.75) is 25.0 Å². The van der Waals surface area contributed by atoms with Gasteiger partial charge in [-0.2, -0.15) is 0 Å². The molecule has 2 aromatic carbocycles. The maximum Gasteiger partial charge on any atom is 0.246 e. The third-order valence-corrected chi connectivity index (χ3v) is 5.40. The van der Waals surface area contributed by atoms with Gasteiger partial charge >= 0.3 is 0 Å². The van der Waals surface area contributed by atoms with Crippen LogP contribution in [0.2, 0.25) is 0 Å². The van der Waals surface area contributed by atoms with E-state index in [2.05, 4.69) is 33.0 Å². The number of carbonyl (C=O) groups is 1. The molecule has 0 radical (unpaired) electrons. The van der Waals surface area contributed by atoms with Crippen molar-refractivity contribution in [2.75, 3.05) is 18.6 Å². The zero-order chi connectivity index (χ0) is 16.7. The van der Waals surface area contributed by atoms with Gasteiger partial charge in [0.05, 0.1) is 13.2 Å². The molecular weight excluding hydrogens is 368 g/mol. The number of rotatable bonds is 3. The van der Waals surface area contributed by atoms with E-state index in [1.807, 2.05) is 41.3 Å². The smallest absolute Gasteiger partial charge is 0.246 e. The van der Waals surface area contributed by atoms with Crippen LogP contribution in [0.1, 0.15) is 24.6 Å². The van der Waals surface area contributed by atoms with Crippen molar-refractivity contribution in [3.63, 3.8) is 0 Å². The van der Waals surface area contributed by atoms with E-state index in [1.54, 1.807) is 7.11 Å². The number of benzene rings is 2. The largest absolute Gasteiger partial charge is 0.497 e. The number of ether oxygens (including phenoxy) is 1. The van der Waals surface area contributed by atoms with Gasteiger partial charge < -0.3 is 4.74 Å². The first kappa shape index (κ1) is 15.7. The Kier molecular flexibility index (Phi) is 4.06. The third-order valence-electron chi connectivity index (χ3n) is 4.88. The second-order valence-corrected chi connectivity index (χ2v) is 7.15. The molecule has 0 aliphatic carbocycles. The van der Waals surface area contributed by atoms with Crippen LogP contribution in [0.5, 0.6) is 5.75 Å². The van der Waals surface area contributed by atoms with Gasteiger partial charge in [0.2, 0.25) is 5.91 Å². The molecule has 4 nitrogen and oxygen atoms in total. The van der Waals surface area contributed by atoms with Gasteiger partial charge in [-0.3, -0.25) is 14.6 Å². The van der Waals surface area contributed by atoms with E-state index in [1.165, 1.54) is 0 Å². The second kappa shape index (κ2) is 6.22. The molecule has 4 rings (SSSR count). The molecular formula is C19H19BrN2O2. The fourth-order valence-electron chi connectivity index (χ4n) is 3.78. The number of anilines is 1.